The van der Waals surface area contributed by atoms with E-state index in [2.05, 4.69) is 22.9 Å². The minimum Gasteiger partial charge on any atom is -0.493 e. The summed E-state index contributed by atoms with van der Waals surface area (Å²) in [5.41, 5.74) is 1.18. The van der Waals surface area contributed by atoms with Gasteiger partial charge in [-0.3, -0.25) is 9.69 Å². The van der Waals surface area contributed by atoms with Crippen molar-refractivity contribution >= 4 is 5.91 Å². The van der Waals surface area contributed by atoms with E-state index in [0.29, 0.717) is 30.6 Å². The van der Waals surface area contributed by atoms with Crippen molar-refractivity contribution in [1.29, 1.82) is 0 Å². The topological polar surface area (TPSA) is 60.0 Å². The van der Waals surface area contributed by atoms with Crippen LogP contribution in [-0.4, -0.2) is 50.8 Å². The Morgan fingerprint density at radius 1 is 1.13 bits per heavy atom. The van der Waals surface area contributed by atoms with Crippen LogP contribution >= 0.6 is 0 Å². The van der Waals surface area contributed by atoms with E-state index in [4.69, 9.17) is 14.2 Å². The van der Waals surface area contributed by atoms with Gasteiger partial charge in [-0.15, -0.1) is 0 Å². The highest BCUT2D eigenvalue weighted by atomic mass is 16.5. The van der Waals surface area contributed by atoms with Gasteiger partial charge in [-0.1, -0.05) is 43.0 Å². The number of piperidine rings is 1. The van der Waals surface area contributed by atoms with Gasteiger partial charge in [0.25, 0.3) is 5.91 Å². The van der Waals surface area contributed by atoms with Gasteiger partial charge >= 0.3 is 0 Å². The van der Waals surface area contributed by atoms with Crippen LogP contribution in [0, 0.1) is 5.92 Å². The van der Waals surface area contributed by atoms with Gasteiger partial charge in [-0.25, -0.2) is 0 Å². The molecule has 2 aromatic carbocycles. The van der Waals surface area contributed by atoms with Crippen LogP contribution < -0.4 is 19.5 Å². The molecule has 31 heavy (non-hydrogen) atoms. The number of para-hydroxylation sites is 3. The molecular formula is C25H32N2O4. The normalized spacial score (nSPS) is 16.4. The monoisotopic (exact) mass is 424 g/mol. The number of ether oxygens (including phenoxy) is 3. The molecule has 1 aliphatic rings. The Labute approximate surface area is 184 Å². The molecule has 1 aliphatic heterocycles. The zero-order chi connectivity index (χ0) is 21.9. The molecule has 0 aliphatic carbocycles. The maximum absolute atomic E-state index is 12.3. The van der Waals surface area contributed by atoms with Crippen LogP contribution in [0.2, 0.25) is 0 Å². The molecule has 6 nitrogen and oxygen atoms in total. The van der Waals surface area contributed by atoms with Crippen molar-refractivity contribution in [3.05, 3.63) is 66.7 Å². The lowest BCUT2D eigenvalue weighted by molar-refractivity contribution is -0.123. The molecule has 0 bridgehead atoms. The van der Waals surface area contributed by atoms with Crippen molar-refractivity contribution in [2.45, 2.75) is 19.4 Å². The van der Waals surface area contributed by atoms with Gasteiger partial charge in [0.1, 0.15) is 12.4 Å². The predicted octanol–water partition coefficient (Wildman–Crippen LogP) is 3.67. The number of hydrogen-bond acceptors (Lipinski definition) is 5. The van der Waals surface area contributed by atoms with Crippen LogP contribution in [0.1, 0.15) is 18.4 Å². The second-order valence-corrected chi connectivity index (χ2v) is 7.69. The number of benzene rings is 2. The summed E-state index contributed by atoms with van der Waals surface area (Å²) in [5, 5.41) is 3.02. The summed E-state index contributed by atoms with van der Waals surface area (Å²) in [4.78, 5) is 14.7. The molecule has 0 spiro atoms. The lowest BCUT2D eigenvalue weighted by Gasteiger charge is -2.33. The van der Waals surface area contributed by atoms with Crippen molar-refractivity contribution in [1.82, 2.24) is 10.2 Å². The number of nitrogens with one attached hydrogen (secondary N) is 1. The highest BCUT2D eigenvalue weighted by molar-refractivity contribution is 5.77. The number of carbonyl (C=O) groups excluding carboxylic acids is 1. The summed E-state index contributed by atoms with van der Waals surface area (Å²) < 4.78 is 16.6. The fraction of sp³-hybridized carbons (Fsp3) is 0.400. The molecule has 1 N–H and O–H groups in total. The third-order valence-corrected chi connectivity index (χ3v) is 5.34. The van der Waals surface area contributed by atoms with Crippen LogP contribution in [0.5, 0.6) is 17.2 Å². The first-order valence-corrected chi connectivity index (χ1v) is 10.8. The van der Waals surface area contributed by atoms with Crippen molar-refractivity contribution in [3.63, 3.8) is 0 Å². The number of nitrogens with zero attached hydrogens (tertiary/aromatic N) is 1. The van der Waals surface area contributed by atoms with E-state index in [1.54, 1.807) is 19.3 Å². The average molecular weight is 425 g/mol. The molecule has 3 rings (SSSR count). The molecule has 6 heteroatoms. The van der Waals surface area contributed by atoms with Crippen molar-refractivity contribution in [2.24, 2.45) is 5.92 Å². The number of hydrogen-bond donors (Lipinski definition) is 1. The molecule has 0 aromatic heterocycles. The van der Waals surface area contributed by atoms with Gasteiger partial charge in [-0.2, -0.15) is 0 Å². The highest BCUT2D eigenvalue weighted by Gasteiger charge is 2.21. The Kier molecular flexibility index (Phi) is 8.79. The maximum atomic E-state index is 12.3. The van der Waals surface area contributed by atoms with Crippen LogP contribution in [0.4, 0.5) is 0 Å². The molecule has 1 fully saturated rings. The lowest BCUT2D eigenvalue weighted by Crippen LogP contribution is -2.41. The zero-order valence-electron chi connectivity index (χ0n) is 18.2. The van der Waals surface area contributed by atoms with E-state index in [1.165, 1.54) is 5.56 Å². The molecule has 0 radical (unpaired) electrons. The molecule has 1 atom stereocenters. The quantitative estimate of drug-likeness (QED) is 0.558. The summed E-state index contributed by atoms with van der Waals surface area (Å²) in [5.74, 6) is 2.40. The minimum absolute atomic E-state index is 0.0230. The highest BCUT2D eigenvalue weighted by Crippen LogP contribution is 2.26. The third-order valence-electron chi connectivity index (χ3n) is 5.34. The lowest BCUT2D eigenvalue weighted by atomic mass is 9.97. The first kappa shape index (κ1) is 22.7. The van der Waals surface area contributed by atoms with Crippen LogP contribution in [0.3, 0.4) is 0 Å². The van der Waals surface area contributed by atoms with Gasteiger partial charge < -0.3 is 19.5 Å². The summed E-state index contributed by atoms with van der Waals surface area (Å²) in [6.07, 6.45) is 3.99. The second-order valence-electron chi connectivity index (χ2n) is 7.69. The van der Waals surface area contributed by atoms with E-state index in [-0.39, 0.29) is 12.5 Å². The van der Waals surface area contributed by atoms with Crippen molar-refractivity contribution in [2.75, 3.05) is 40.0 Å². The smallest absolute Gasteiger partial charge is 0.257 e. The second kappa shape index (κ2) is 12.0. The summed E-state index contributed by atoms with van der Waals surface area (Å²) in [6, 6.07) is 15.5. The van der Waals surface area contributed by atoms with Gasteiger partial charge in [-0.05, 0) is 43.5 Å². The van der Waals surface area contributed by atoms with Crippen molar-refractivity contribution < 1.29 is 19.0 Å². The summed E-state index contributed by atoms with van der Waals surface area (Å²) in [7, 11) is 1.58. The van der Waals surface area contributed by atoms with E-state index >= 15 is 0 Å². The number of likely N-dealkylation sites (tertiary alicyclic amines) is 1. The minimum atomic E-state index is -0.119. The summed E-state index contributed by atoms with van der Waals surface area (Å²) in [6.45, 7) is 7.69. The van der Waals surface area contributed by atoms with Gasteiger partial charge in [0.2, 0.25) is 0 Å². The fourth-order valence-electron chi connectivity index (χ4n) is 3.82. The number of amides is 1. The Morgan fingerprint density at radius 3 is 2.65 bits per heavy atom. The maximum Gasteiger partial charge on any atom is 0.257 e. The van der Waals surface area contributed by atoms with E-state index < -0.39 is 0 Å². The SMILES string of the molecule is C=CCOc1ccccc1CN1CCC[C@H](CNC(=O)COc2ccccc2OC)C1. The average Bonchev–Trinajstić information content (AvgIpc) is 2.81. The van der Waals surface area contributed by atoms with Crippen LogP contribution in [-0.2, 0) is 11.3 Å². The Balaban J connectivity index is 1.44. The predicted molar refractivity (Wildman–Crippen MR) is 122 cm³/mol. The zero-order valence-corrected chi connectivity index (χ0v) is 18.2. The molecule has 166 valence electrons. The molecule has 0 saturated carbocycles. The van der Waals surface area contributed by atoms with Gasteiger partial charge in [0.05, 0.1) is 7.11 Å². The number of rotatable bonds is 11. The molecular weight excluding hydrogens is 392 g/mol. The van der Waals surface area contributed by atoms with Crippen molar-refractivity contribution in [3.8, 4) is 17.2 Å². The standard InChI is InChI=1S/C25H32N2O4/c1-3-15-30-22-11-5-4-10-21(22)18-27-14-8-9-20(17-27)16-26-25(28)19-31-24-13-7-6-12-23(24)29-2/h3-7,10-13,20H,1,8-9,14-19H2,2H3,(H,26,28)/t20-/m1/s1. The van der Waals surface area contributed by atoms with E-state index in [9.17, 15) is 4.79 Å². The first-order valence-electron chi connectivity index (χ1n) is 10.8. The third kappa shape index (κ3) is 7.03. The molecule has 1 heterocycles. The van der Waals surface area contributed by atoms with Gasteiger partial charge in [0.15, 0.2) is 18.1 Å². The van der Waals surface area contributed by atoms with Crippen LogP contribution in [0.15, 0.2) is 61.2 Å². The van der Waals surface area contributed by atoms with E-state index in [0.717, 1.165) is 38.2 Å². The Bertz CT molecular complexity index is 855. The molecule has 0 unspecified atom stereocenters. The Hall–Kier alpha value is -2.99. The van der Waals surface area contributed by atoms with Crippen LogP contribution in [0.25, 0.3) is 0 Å². The summed E-state index contributed by atoms with van der Waals surface area (Å²) >= 11 is 0. The molecule has 2 aromatic rings. The molecule has 1 saturated heterocycles. The fourth-order valence-corrected chi connectivity index (χ4v) is 3.82. The number of methoxy groups -OCH3 is 1. The largest absolute Gasteiger partial charge is 0.493 e. The van der Waals surface area contributed by atoms with Gasteiger partial charge in [0, 0.05) is 25.2 Å². The Morgan fingerprint density at radius 2 is 1.87 bits per heavy atom. The number of carbonyl (C=O) groups is 1. The first-order chi connectivity index (χ1) is 15.2. The van der Waals surface area contributed by atoms with E-state index in [1.807, 2.05) is 36.4 Å². The molecule has 1 amide bonds.